The monoisotopic (exact) mass is 257 g/mol. The Bertz CT molecular complexity index is 361. The SMILES string of the molecule is NC1(c2ccc(O)c(Br)c2)CC(O)C1. The number of phenols is 1. The number of nitrogens with two attached hydrogens (primary N) is 1. The Kier molecular flexibility index (Phi) is 2.29. The average molecular weight is 258 g/mol. The third-order valence-corrected chi connectivity index (χ3v) is 3.36. The highest BCUT2D eigenvalue weighted by Crippen LogP contribution is 2.40. The predicted octanol–water partition coefficient (Wildman–Crippen LogP) is 1.46. The maximum absolute atomic E-state index is 9.32. The van der Waals surface area contributed by atoms with Gasteiger partial charge in [0.1, 0.15) is 5.75 Å². The van der Waals surface area contributed by atoms with E-state index < -0.39 is 5.54 Å². The van der Waals surface area contributed by atoms with Gasteiger partial charge in [0.15, 0.2) is 0 Å². The lowest BCUT2D eigenvalue weighted by atomic mass is 9.71. The summed E-state index contributed by atoms with van der Waals surface area (Å²) in [4.78, 5) is 0. The van der Waals surface area contributed by atoms with Gasteiger partial charge in [0.25, 0.3) is 0 Å². The van der Waals surface area contributed by atoms with Crippen LogP contribution in [0.15, 0.2) is 22.7 Å². The van der Waals surface area contributed by atoms with E-state index in [1.54, 1.807) is 18.2 Å². The van der Waals surface area contributed by atoms with Gasteiger partial charge >= 0.3 is 0 Å². The normalized spacial score (nSPS) is 31.2. The second-order valence-electron chi connectivity index (χ2n) is 3.88. The van der Waals surface area contributed by atoms with E-state index >= 15 is 0 Å². The fraction of sp³-hybridized carbons (Fsp3) is 0.400. The molecule has 0 aromatic heterocycles. The first-order valence-electron chi connectivity index (χ1n) is 4.47. The van der Waals surface area contributed by atoms with Crippen molar-refractivity contribution >= 4 is 15.9 Å². The van der Waals surface area contributed by atoms with Gasteiger partial charge in [0.05, 0.1) is 10.6 Å². The van der Waals surface area contributed by atoms with Crippen molar-refractivity contribution in [1.29, 1.82) is 0 Å². The maximum atomic E-state index is 9.32. The first-order valence-corrected chi connectivity index (χ1v) is 5.26. The predicted molar refractivity (Wildman–Crippen MR) is 56.9 cm³/mol. The molecule has 1 aromatic carbocycles. The molecule has 76 valence electrons. The van der Waals surface area contributed by atoms with Gasteiger partial charge in [-0.2, -0.15) is 0 Å². The Morgan fingerprint density at radius 3 is 2.57 bits per heavy atom. The van der Waals surface area contributed by atoms with E-state index in [2.05, 4.69) is 15.9 Å². The summed E-state index contributed by atoms with van der Waals surface area (Å²) in [6.07, 6.45) is 0.890. The Balaban J connectivity index is 2.29. The smallest absolute Gasteiger partial charge is 0.129 e. The summed E-state index contributed by atoms with van der Waals surface area (Å²) < 4.78 is 0.640. The number of hydrogen-bond acceptors (Lipinski definition) is 3. The van der Waals surface area contributed by atoms with E-state index in [4.69, 9.17) is 5.73 Å². The third kappa shape index (κ3) is 1.54. The van der Waals surface area contributed by atoms with Gasteiger partial charge in [-0.15, -0.1) is 0 Å². The molecule has 1 aliphatic rings. The van der Waals surface area contributed by atoms with Crippen LogP contribution in [-0.4, -0.2) is 16.3 Å². The highest BCUT2D eigenvalue weighted by molar-refractivity contribution is 9.10. The molecule has 1 saturated carbocycles. The van der Waals surface area contributed by atoms with Crippen LogP contribution in [0.25, 0.3) is 0 Å². The number of hydrogen-bond donors (Lipinski definition) is 3. The van der Waals surface area contributed by atoms with Crippen molar-refractivity contribution in [3.8, 4) is 5.75 Å². The standard InChI is InChI=1S/C10H12BrNO2/c11-8-3-6(1-2-9(8)14)10(12)4-7(13)5-10/h1-3,7,13-14H,4-5,12H2. The first kappa shape index (κ1) is 9.96. The van der Waals surface area contributed by atoms with Crippen LogP contribution in [0.5, 0.6) is 5.75 Å². The van der Waals surface area contributed by atoms with Crippen LogP contribution < -0.4 is 5.73 Å². The zero-order valence-electron chi connectivity index (χ0n) is 7.57. The van der Waals surface area contributed by atoms with Crippen LogP contribution in [0.2, 0.25) is 0 Å². The molecule has 1 fully saturated rings. The Morgan fingerprint density at radius 1 is 1.43 bits per heavy atom. The minimum absolute atomic E-state index is 0.206. The van der Waals surface area contributed by atoms with E-state index in [1.165, 1.54) is 0 Å². The average Bonchev–Trinajstić information content (AvgIpc) is 2.07. The minimum atomic E-state index is -0.421. The van der Waals surface area contributed by atoms with Crippen molar-refractivity contribution in [2.24, 2.45) is 5.73 Å². The first-order chi connectivity index (χ1) is 6.51. The lowest BCUT2D eigenvalue weighted by Crippen LogP contribution is -2.51. The molecule has 0 radical (unpaired) electrons. The van der Waals surface area contributed by atoms with Gasteiger partial charge in [-0.05, 0) is 46.5 Å². The molecule has 0 atom stereocenters. The molecule has 0 heterocycles. The van der Waals surface area contributed by atoms with Crippen LogP contribution in [0.3, 0.4) is 0 Å². The van der Waals surface area contributed by atoms with Crippen LogP contribution in [0.1, 0.15) is 18.4 Å². The highest BCUT2D eigenvalue weighted by Gasteiger charge is 2.41. The number of benzene rings is 1. The van der Waals surface area contributed by atoms with Crippen molar-refractivity contribution in [2.75, 3.05) is 0 Å². The van der Waals surface area contributed by atoms with E-state index in [1.807, 2.05) is 0 Å². The molecule has 2 rings (SSSR count). The Hall–Kier alpha value is -0.580. The summed E-state index contributed by atoms with van der Waals surface area (Å²) in [5.41, 5.74) is 6.60. The molecule has 0 amide bonds. The highest BCUT2D eigenvalue weighted by atomic mass is 79.9. The summed E-state index contributed by atoms with van der Waals surface area (Å²) in [6, 6.07) is 5.21. The second-order valence-corrected chi connectivity index (χ2v) is 4.74. The van der Waals surface area contributed by atoms with Crippen molar-refractivity contribution < 1.29 is 10.2 Å². The van der Waals surface area contributed by atoms with Gasteiger partial charge < -0.3 is 15.9 Å². The molecule has 4 N–H and O–H groups in total. The molecule has 1 aromatic rings. The summed E-state index contributed by atoms with van der Waals surface area (Å²) in [5.74, 6) is 0.206. The zero-order chi connectivity index (χ0) is 10.3. The van der Waals surface area contributed by atoms with Crippen LogP contribution >= 0.6 is 15.9 Å². The van der Waals surface area contributed by atoms with Gasteiger partial charge in [0, 0.05) is 5.54 Å². The minimum Gasteiger partial charge on any atom is -0.507 e. The molecule has 0 aliphatic heterocycles. The Labute approximate surface area is 90.7 Å². The van der Waals surface area contributed by atoms with Gasteiger partial charge in [-0.1, -0.05) is 6.07 Å². The topological polar surface area (TPSA) is 66.5 Å². The fourth-order valence-electron chi connectivity index (χ4n) is 1.83. The van der Waals surface area contributed by atoms with Crippen molar-refractivity contribution in [2.45, 2.75) is 24.5 Å². The summed E-state index contributed by atoms with van der Waals surface area (Å²) in [6.45, 7) is 0. The number of aliphatic hydroxyl groups excluding tert-OH is 1. The van der Waals surface area contributed by atoms with Gasteiger partial charge in [0.2, 0.25) is 0 Å². The molecule has 0 bridgehead atoms. The van der Waals surface area contributed by atoms with E-state index in [0.717, 1.165) is 5.56 Å². The molecule has 0 spiro atoms. The molecule has 4 heteroatoms. The molecule has 1 aliphatic carbocycles. The second kappa shape index (κ2) is 3.22. The van der Waals surface area contributed by atoms with Gasteiger partial charge in [-0.25, -0.2) is 0 Å². The lowest BCUT2D eigenvalue weighted by Gasteiger charge is -2.42. The van der Waals surface area contributed by atoms with E-state index in [9.17, 15) is 10.2 Å². The maximum Gasteiger partial charge on any atom is 0.129 e. The molecule has 0 saturated heterocycles. The fourth-order valence-corrected chi connectivity index (χ4v) is 2.21. The molecule has 3 nitrogen and oxygen atoms in total. The van der Waals surface area contributed by atoms with Crippen LogP contribution in [0.4, 0.5) is 0 Å². The van der Waals surface area contributed by atoms with Crippen molar-refractivity contribution in [3.05, 3.63) is 28.2 Å². The number of rotatable bonds is 1. The summed E-state index contributed by atoms with van der Waals surface area (Å²) >= 11 is 3.24. The number of aliphatic hydroxyl groups is 1. The zero-order valence-corrected chi connectivity index (χ0v) is 9.16. The van der Waals surface area contributed by atoms with E-state index in [0.29, 0.717) is 17.3 Å². The summed E-state index contributed by atoms with van der Waals surface area (Å²) in [7, 11) is 0. The van der Waals surface area contributed by atoms with Crippen LogP contribution in [0, 0.1) is 0 Å². The molecular formula is C10H12BrNO2. The largest absolute Gasteiger partial charge is 0.507 e. The van der Waals surface area contributed by atoms with Crippen molar-refractivity contribution in [3.63, 3.8) is 0 Å². The number of phenolic OH excluding ortho intramolecular Hbond substituents is 1. The summed E-state index contributed by atoms with van der Waals surface area (Å²) in [5, 5.41) is 18.5. The lowest BCUT2D eigenvalue weighted by molar-refractivity contribution is 0.0209. The Morgan fingerprint density at radius 2 is 2.07 bits per heavy atom. The molecule has 14 heavy (non-hydrogen) atoms. The van der Waals surface area contributed by atoms with Gasteiger partial charge in [-0.3, -0.25) is 0 Å². The van der Waals surface area contributed by atoms with E-state index in [-0.39, 0.29) is 11.9 Å². The van der Waals surface area contributed by atoms with Crippen LogP contribution in [-0.2, 0) is 5.54 Å². The molecule has 0 unspecified atom stereocenters. The molecular weight excluding hydrogens is 246 g/mol. The number of halogens is 1. The quantitative estimate of drug-likeness (QED) is 0.714. The third-order valence-electron chi connectivity index (χ3n) is 2.72. The van der Waals surface area contributed by atoms with Crippen molar-refractivity contribution in [1.82, 2.24) is 0 Å². The number of aromatic hydroxyl groups is 1.